The normalized spacial score (nSPS) is 15.0. The zero-order chi connectivity index (χ0) is 26.1. The molecule has 0 aromatic heterocycles. The molecule has 34 heavy (non-hydrogen) atoms. The van der Waals surface area contributed by atoms with E-state index in [1.165, 1.54) is 96.3 Å². The highest BCUT2D eigenvalue weighted by Crippen LogP contribution is 2.25. The maximum Gasteiger partial charge on any atom is 0.184 e. The molecule has 3 nitrogen and oxygen atoms in total. The predicted molar refractivity (Wildman–Crippen MR) is 161 cm³/mol. The summed E-state index contributed by atoms with van der Waals surface area (Å²) in [5.74, 6) is 0. The van der Waals surface area contributed by atoms with Gasteiger partial charge in [0.15, 0.2) is 25.0 Å². The van der Waals surface area contributed by atoms with Gasteiger partial charge in [0.1, 0.15) is 0 Å². The number of unbranched alkanes of at least 4 members (excludes halogenated alkanes) is 11. The molecule has 0 N–H and O–H groups in total. The molecule has 0 aliphatic heterocycles. The molecule has 0 fully saturated rings. The Hall–Kier alpha value is 0.531. The highest BCUT2D eigenvalue weighted by atomic mass is 28.4. The molecule has 0 saturated heterocycles. The van der Waals surface area contributed by atoms with E-state index in [0.717, 1.165) is 6.61 Å². The lowest BCUT2D eigenvalue weighted by atomic mass is 10.00. The minimum absolute atomic E-state index is 0.290. The number of rotatable bonds is 23. The SMILES string of the molecule is CCCCCCC(O[Si](C)(C)C)C(CCCCCCCCCCCO[Si](C)(C)C)O[Si](C)(C)C. The van der Waals surface area contributed by atoms with Crippen LogP contribution in [0.1, 0.15) is 103 Å². The van der Waals surface area contributed by atoms with E-state index in [2.05, 4.69) is 65.8 Å². The minimum Gasteiger partial charge on any atom is -0.418 e. The number of hydrogen-bond donors (Lipinski definition) is 0. The minimum atomic E-state index is -1.59. The van der Waals surface area contributed by atoms with Crippen molar-refractivity contribution in [1.82, 2.24) is 0 Å². The smallest absolute Gasteiger partial charge is 0.184 e. The van der Waals surface area contributed by atoms with Gasteiger partial charge >= 0.3 is 0 Å². The zero-order valence-corrected chi connectivity index (χ0v) is 28.2. The van der Waals surface area contributed by atoms with Gasteiger partial charge in [0, 0.05) is 6.61 Å². The molecule has 0 aliphatic carbocycles. The van der Waals surface area contributed by atoms with Crippen molar-refractivity contribution in [1.29, 1.82) is 0 Å². The number of hydrogen-bond acceptors (Lipinski definition) is 3. The third kappa shape index (κ3) is 24.2. The van der Waals surface area contributed by atoms with Crippen LogP contribution in [-0.4, -0.2) is 43.8 Å². The quantitative estimate of drug-likeness (QED) is 0.0967. The molecule has 0 aliphatic rings. The van der Waals surface area contributed by atoms with Gasteiger partial charge in [-0.25, -0.2) is 0 Å². The molecule has 0 amide bonds. The monoisotopic (exact) mass is 532 g/mol. The van der Waals surface area contributed by atoms with E-state index in [0.29, 0.717) is 12.2 Å². The first-order chi connectivity index (χ1) is 15.7. The molecule has 0 saturated carbocycles. The summed E-state index contributed by atoms with van der Waals surface area (Å²) in [6.45, 7) is 24.1. The maximum absolute atomic E-state index is 6.74. The molecule has 2 atom stereocenters. The molecule has 206 valence electrons. The molecular weight excluding hydrogens is 469 g/mol. The van der Waals surface area contributed by atoms with Crippen LogP contribution >= 0.6 is 0 Å². The van der Waals surface area contributed by atoms with Crippen molar-refractivity contribution < 1.29 is 13.3 Å². The van der Waals surface area contributed by atoms with E-state index in [4.69, 9.17) is 13.3 Å². The van der Waals surface area contributed by atoms with Gasteiger partial charge in [0.05, 0.1) is 12.2 Å². The summed E-state index contributed by atoms with van der Waals surface area (Å²) in [6.07, 6.45) is 20.2. The van der Waals surface area contributed by atoms with Crippen molar-refractivity contribution in [2.45, 2.75) is 174 Å². The fourth-order valence-electron chi connectivity index (χ4n) is 4.39. The Morgan fingerprint density at radius 2 is 0.794 bits per heavy atom. The Kier molecular flexibility index (Phi) is 19.0. The molecular formula is C28H64O3Si3. The molecule has 0 aromatic rings. The van der Waals surface area contributed by atoms with Crippen molar-refractivity contribution >= 4 is 25.0 Å². The lowest BCUT2D eigenvalue weighted by molar-refractivity contribution is 0.0302. The highest BCUT2D eigenvalue weighted by Gasteiger charge is 2.31. The predicted octanol–water partition coefficient (Wildman–Crippen LogP) is 10.1. The van der Waals surface area contributed by atoms with E-state index in [1.54, 1.807) is 0 Å². The summed E-state index contributed by atoms with van der Waals surface area (Å²) in [6, 6.07) is 0. The summed E-state index contributed by atoms with van der Waals surface area (Å²) in [4.78, 5) is 0. The van der Waals surface area contributed by atoms with E-state index >= 15 is 0 Å². The Morgan fingerprint density at radius 1 is 0.441 bits per heavy atom. The molecule has 0 rings (SSSR count). The van der Waals surface area contributed by atoms with Crippen LogP contribution in [0.3, 0.4) is 0 Å². The van der Waals surface area contributed by atoms with E-state index in [1.807, 2.05) is 0 Å². The average molecular weight is 533 g/mol. The van der Waals surface area contributed by atoms with Gasteiger partial charge in [0.2, 0.25) is 0 Å². The van der Waals surface area contributed by atoms with Crippen LogP contribution in [0.4, 0.5) is 0 Å². The van der Waals surface area contributed by atoms with Gasteiger partial charge in [-0.05, 0) is 78.2 Å². The van der Waals surface area contributed by atoms with Gasteiger partial charge in [-0.1, -0.05) is 84.0 Å². The first-order valence-electron chi connectivity index (χ1n) is 14.7. The van der Waals surface area contributed by atoms with E-state index in [9.17, 15) is 0 Å². The second-order valence-corrected chi connectivity index (χ2v) is 26.8. The Bertz CT molecular complexity index is 467. The second-order valence-electron chi connectivity index (χ2n) is 13.3. The van der Waals surface area contributed by atoms with Crippen molar-refractivity contribution in [3.63, 3.8) is 0 Å². The fraction of sp³-hybridized carbons (Fsp3) is 1.00. The molecule has 0 radical (unpaired) electrons. The Balaban J connectivity index is 4.30. The summed E-state index contributed by atoms with van der Waals surface area (Å²) in [7, 11) is -4.50. The van der Waals surface area contributed by atoms with Crippen LogP contribution in [-0.2, 0) is 13.3 Å². The van der Waals surface area contributed by atoms with Gasteiger partial charge < -0.3 is 13.3 Å². The van der Waals surface area contributed by atoms with Gasteiger partial charge in [-0.15, -0.1) is 0 Å². The van der Waals surface area contributed by atoms with Gasteiger partial charge in [-0.2, -0.15) is 0 Å². The summed E-state index contributed by atoms with van der Waals surface area (Å²) < 4.78 is 19.4. The van der Waals surface area contributed by atoms with Crippen LogP contribution in [0.15, 0.2) is 0 Å². The highest BCUT2D eigenvalue weighted by molar-refractivity contribution is 6.70. The molecule has 0 heterocycles. The van der Waals surface area contributed by atoms with Crippen molar-refractivity contribution in [2.24, 2.45) is 0 Å². The van der Waals surface area contributed by atoms with Crippen molar-refractivity contribution in [3.8, 4) is 0 Å². The van der Waals surface area contributed by atoms with Crippen LogP contribution in [0.2, 0.25) is 58.9 Å². The Morgan fingerprint density at radius 3 is 1.15 bits per heavy atom. The summed E-state index contributed by atoms with van der Waals surface area (Å²) in [5.41, 5.74) is 0. The molecule has 2 unspecified atom stereocenters. The van der Waals surface area contributed by atoms with Crippen LogP contribution in [0.5, 0.6) is 0 Å². The van der Waals surface area contributed by atoms with Gasteiger partial charge in [0.25, 0.3) is 0 Å². The third-order valence-electron chi connectivity index (χ3n) is 5.93. The van der Waals surface area contributed by atoms with Crippen molar-refractivity contribution in [3.05, 3.63) is 0 Å². The standard InChI is InChI=1S/C28H64O3Si3/c1-11-12-13-21-24-27(30-33(5,6)7)28(31-34(8,9)10)25-22-19-17-15-14-16-18-20-23-26-29-32(2,3)4/h27-28H,11-26H2,1-10H3. The van der Waals surface area contributed by atoms with Crippen LogP contribution < -0.4 is 0 Å². The van der Waals surface area contributed by atoms with Crippen LogP contribution in [0, 0.1) is 0 Å². The molecule has 0 bridgehead atoms. The van der Waals surface area contributed by atoms with Gasteiger partial charge in [-0.3, -0.25) is 0 Å². The van der Waals surface area contributed by atoms with Crippen LogP contribution in [0.25, 0.3) is 0 Å². The lowest BCUT2D eigenvalue weighted by Gasteiger charge is -2.36. The first-order valence-corrected chi connectivity index (χ1v) is 25.0. The first kappa shape index (κ1) is 34.5. The molecule has 0 aromatic carbocycles. The van der Waals surface area contributed by atoms with Crippen molar-refractivity contribution in [2.75, 3.05) is 6.61 Å². The van der Waals surface area contributed by atoms with E-state index < -0.39 is 25.0 Å². The third-order valence-corrected chi connectivity index (χ3v) is 9.02. The molecule has 0 spiro atoms. The topological polar surface area (TPSA) is 27.7 Å². The maximum atomic E-state index is 6.74. The molecule has 6 heteroatoms. The fourth-order valence-corrected chi connectivity index (χ4v) is 7.50. The largest absolute Gasteiger partial charge is 0.418 e. The zero-order valence-electron chi connectivity index (χ0n) is 25.2. The Labute approximate surface area is 218 Å². The average Bonchev–Trinajstić information content (AvgIpc) is 2.67. The summed E-state index contributed by atoms with van der Waals surface area (Å²) >= 11 is 0. The second kappa shape index (κ2) is 18.7. The van der Waals surface area contributed by atoms with E-state index in [-0.39, 0.29) is 0 Å². The summed E-state index contributed by atoms with van der Waals surface area (Å²) in [5, 5.41) is 0. The lowest BCUT2D eigenvalue weighted by Crippen LogP contribution is -2.44.